The number of amidine groups is 1. The van der Waals surface area contributed by atoms with Crippen LogP contribution < -0.4 is 4.74 Å². The molecule has 29 heavy (non-hydrogen) atoms. The van der Waals surface area contributed by atoms with Crippen LogP contribution in [-0.2, 0) is 4.79 Å². The Kier molecular flexibility index (Phi) is 5.53. The largest absolute Gasteiger partial charge is 0.497 e. The Balaban J connectivity index is 1.65. The van der Waals surface area contributed by atoms with Crippen LogP contribution in [0.15, 0.2) is 82.8 Å². The molecule has 3 aromatic rings. The Morgan fingerprint density at radius 2 is 1.79 bits per heavy atom. The molecule has 0 aliphatic carbocycles. The third kappa shape index (κ3) is 3.98. The lowest BCUT2D eigenvalue weighted by Gasteiger charge is -2.12. The van der Waals surface area contributed by atoms with Gasteiger partial charge in [0.15, 0.2) is 5.17 Å². The summed E-state index contributed by atoms with van der Waals surface area (Å²) in [6.07, 6.45) is 3.93. The first-order valence-electron chi connectivity index (χ1n) is 9.36. The van der Waals surface area contributed by atoms with Gasteiger partial charge < -0.3 is 9.30 Å². The van der Waals surface area contributed by atoms with E-state index in [2.05, 4.69) is 9.56 Å². The second-order valence-corrected chi connectivity index (χ2v) is 7.40. The predicted molar refractivity (Wildman–Crippen MR) is 119 cm³/mol. The molecule has 146 valence electrons. The molecule has 0 radical (unpaired) electrons. The summed E-state index contributed by atoms with van der Waals surface area (Å²) in [5.74, 6) is 0.754. The molecule has 0 atom stereocenters. The van der Waals surface area contributed by atoms with Gasteiger partial charge in [-0.25, -0.2) is 4.99 Å². The number of aromatic nitrogens is 1. The highest BCUT2D eigenvalue weighted by atomic mass is 32.2. The van der Waals surface area contributed by atoms with E-state index in [9.17, 15) is 4.79 Å². The number of hydrogen-bond donors (Lipinski definition) is 0. The van der Waals surface area contributed by atoms with Crippen LogP contribution in [0.25, 0.3) is 11.8 Å². The Labute approximate surface area is 174 Å². The molecule has 6 heteroatoms. The van der Waals surface area contributed by atoms with Crippen LogP contribution in [-0.4, -0.2) is 34.2 Å². The second-order valence-electron chi connectivity index (χ2n) is 6.39. The molecule has 1 amide bonds. The zero-order valence-corrected chi connectivity index (χ0v) is 17.1. The number of thioether (sulfide) groups is 1. The van der Waals surface area contributed by atoms with Gasteiger partial charge in [-0.05, 0) is 73.3 Å². The van der Waals surface area contributed by atoms with Gasteiger partial charge in [-0.15, -0.1) is 0 Å². The van der Waals surface area contributed by atoms with Crippen molar-refractivity contribution >= 4 is 34.6 Å². The quantitative estimate of drug-likeness (QED) is 0.556. The van der Waals surface area contributed by atoms with Gasteiger partial charge in [-0.1, -0.05) is 18.2 Å². The molecule has 0 unspecified atom stereocenters. The van der Waals surface area contributed by atoms with Gasteiger partial charge in [0.2, 0.25) is 0 Å². The normalized spacial score (nSPS) is 16.8. The summed E-state index contributed by atoms with van der Waals surface area (Å²) < 4.78 is 7.26. The van der Waals surface area contributed by atoms with Gasteiger partial charge in [0, 0.05) is 24.1 Å². The SMILES string of the molecule is CCN1C(=O)/C(=C\c2cccn2-c2ccccc2)SC1=Nc1ccc(OC)cc1. The number of rotatable bonds is 5. The minimum absolute atomic E-state index is 0.0226. The highest BCUT2D eigenvalue weighted by Gasteiger charge is 2.32. The Bertz CT molecular complexity index is 1070. The summed E-state index contributed by atoms with van der Waals surface area (Å²) in [5.41, 5.74) is 2.79. The van der Waals surface area contributed by atoms with Crippen LogP contribution in [0.4, 0.5) is 5.69 Å². The zero-order valence-electron chi connectivity index (χ0n) is 16.3. The second kappa shape index (κ2) is 8.41. The van der Waals surface area contributed by atoms with Crippen LogP contribution in [0.3, 0.4) is 0 Å². The number of amides is 1. The molecule has 1 aliphatic rings. The first-order valence-corrected chi connectivity index (χ1v) is 10.2. The number of likely N-dealkylation sites (N-methyl/N-ethyl adjacent to an activating group) is 1. The number of nitrogens with zero attached hydrogens (tertiary/aromatic N) is 3. The van der Waals surface area contributed by atoms with E-state index in [1.807, 2.05) is 85.9 Å². The molecule has 0 spiro atoms. The van der Waals surface area contributed by atoms with E-state index < -0.39 is 0 Å². The first kappa shape index (κ1) is 19.1. The number of methoxy groups -OCH3 is 1. The van der Waals surface area contributed by atoms with Crippen LogP contribution in [0.5, 0.6) is 5.75 Å². The zero-order chi connectivity index (χ0) is 20.2. The molecule has 1 saturated heterocycles. The van der Waals surface area contributed by atoms with Crippen molar-refractivity contribution in [1.82, 2.24) is 9.47 Å². The van der Waals surface area contributed by atoms with Gasteiger partial charge in [0.05, 0.1) is 17.7 Å². The average Bonchev–Trinajstić information content (AvgIpc) is 3.34. The van der Waals surface area contributed by atoms with Crippen molar-refractivity contribution in [1.29, 1.82) is 0 Å². The highest BCUT2D eigenvalue weighted by molar-refractivity contribution is 8.18. The van der Waals surface area contributed by atoms with E-state index in [0.717, 1.165) is 22.8 Å². The fourth-order valence-electron chi connectivity index (χ4n) is 3.11. The molecule has 1 aliphatic heterocycles. The fourth-order valence-corrected chi connectivity index (χ4v) is 4.15. The standard InChI is InChI=1S/C23H21N3O2S/c1-3-25-22(27)21(29-23(25)24-17-11-13-20(28-2)14-12-17)16-19-10-7-15-26(19)18-8-5-4-6-9-18/h4-16H,3H2,1-2H3/b21-16+,24-23?. The number of ether oxygens (including phenoxy) is 1. The van der Waals surface area contributed by atoms with Crippen LogP contribution in [0.1, 0.15) is 12.6 Å². The summed E-state index contributed by atoms with van der Waals surface area (Å²) in [6, 6.07) is 21.5. The van der Waals surface area contributed by atoms with Crippen LogP contribution in [0.2, 0.25) is 0 Å². The summed E-state index contributed by atoms with van der Waals surface area (Å²) in [4.78, 5) is 20.0. The van der Waals surface area contributed by atoms with Gasteiger partial charge in [-0.2, -0.15) is 0 Å². The molecule has 0 bridgehead atoms. The first-order chi connectivity index (χ1) is 14.2. The third-order valence-corrected chi connectivity index (χ3v) is 5.60. The van der Waals surface area contributed by atoms with Gasteiger partial charge >= 0.3 is 0 Å². The lowest BCUT2D eigenvalue weighted by atomic mass is 10.3. The van der Waals surface area contributed by atoms with Crippen molar-refractivity contribution < 1.29 is 9.53 Å². The molecular weight excluding hydrogens is 382 g/mol. The molecular formula is C23H21N3O2S. The maximum absolute atomic E-state index is 12.9. The Morgan fingerprint density at radius 1 is 1.03 bits per heavy atom. The summed E-state index contributed by atoms with van der Waals surface area (Å²) in [5, 5.41) is 0.687. The summed E-state index contributed by atoms with van der Waals surface area (Å²) in [7, 11) is 1.63. The molecule has 1 fully saturated rings. The van der Waals surface area contributed by atoms with Crippen molar-refractivity contribution in [3.63, 3.8) is 0 Å². The van der Waals surface area contributed by atoms with Crippen molar-refractivity contribution in [3.8, 4) is 11.4 Å². The number of carbonyl (C=O) groups excluding carboxylic acids is 1. The number of carbonyl (C=O) groups is 1. The Hall–Kier alpha value is -3.25. The van der Waals surface area contributed by atoms with Gasteiger partial charge in [0.25, 0.3) is 5.91 Å². The lowest BCUT2D eigenvalue weighted by Crippen LogP contribution is -2.28. The maximum atomic E-state index is 12.9. The van der Waals surface area contributed by atoms with E-state index in [1.54, 1.807) is 12.0 Å². The van der Waals surface area contributed by atoms with E-state index in [0.29, 0.717) is 16.6 Å². The third-order valence-electron chi connectivity index (χ3n) is 4.60. The number of aliphatic imine (C=N–C) groups is 1. The Morgan fingerprint density at radius 3 is 2.48 bits per heavy atom. The molecule has 0 N–H and O–H groups in total. The van der Waals surface area contributed by atoms with Crippen LogP contribution in [0, 0.1) is 0 Å². The fraction of sp³-hybridized carbons (Fsp3) is 0.130. The number of para-hydroxylation sites is 1. The summed E-state index contributed by atoms with van der Waals surface area (Å²) >= 11 is 1.40. The number of hydrogen-bond acceptors (Lipinski definition) is 4. The maximum Gasteiger partial charge on any atom is 0.266 e. The topological polar surface area (TPSA) is 46.8 Å². The molecule has 2 heterocycles. The predicted octanol–water partition coefficient (Wildman–Crippen LogP) is 5.11. The van der Waals surface area contributed by atoms with Crippen LogP contribution >= 0.6 is 11.8 Å². The highest BCUT2D eigenvalue weighted by Crippen LogP contribution is 2.34. The summed E-state index contributed by atoms with van der Waals surface area (Å²) in [6.45, 7) is 2.52. The van der Waals surface area contributed by atoms with Gasteiger partial charge in [-0.3, -0.25) is 9.69 Å². The lowest BCUT2D eigenvalue weighted by molar-refractivity contribution is -0.122. The number of benzene rings is 2. The van der Waals surface area contributed by atoms with Crippen molar-refractivity contribution in [2.75, 3.05) is 13.7 Å². The minimum Gasteiger partial charge on any atom is -0.497 e. The van der Waals surface area contributed by atoms with E-state index >= 15 is 0 Å². The molecule has 0 saturated carbocycles. The average molecular weight is 404 g/mol. The van der Waals surface area contributed by atoms with Crippen molar-refractivity contribution in [2.24, 2.45) is 4.99 Å². The van der Waals surface area contributed by atoms with Crippen molar-refractivity contribution in [3.05, 3.63) is 83.5 Å². The van der Waals surface area contributed by atoms with E-state index in [1.165, 1.54) is 11.8 Å². The molecule has 4 rings (SSSR count). The monoisotopic (exact) mass is 403 g/mol. The van der Waals surface area contributed by atoms with Gasteiger partial charge in [0.1, 0.15) is 5.75 Å². The van der Waals surface area contributed by atoms with Crippen molar-refractivity contribution in [2.45, 2.75) is 6.92 Å². The molecule has 5 nitrogen and oxygen atoms in total. The molecule has 1 aromatic heterocycles. The smallest absolute Gasteiger partial charge is 0.266 e. The minimum atomic E-state index is -0.0226. The van der Waals surface area contributed by atoms with E-state index in [-0.39, 0.29) is 5.91 Å². The van der Waals surface area contributed by atoms with E-state index in [4.69, 9.17) is 4.74 Å². The molecule has 2 aromatic carbocycles.